The van der Waals surface area contributed by atoms with Crippen LogP contribution in [-0.2, 0) is 23.8 Å². The summed E-state index contributed by atoms with van der Waals surface area (Å²) in [7, 11) is 1.46. The molecule has 0 fully saturated rings. The van der Waals surface area contributed by atoms with Gasteiger partial charge in [-0.25, -0.2) is 4.98 Å². The summed E-state index contributed by atoms with van der Waals surface area (Å²) in [6, 6.07) is 3.64. The second-order valence-corrected chi connectivity index (χ2v) is 15.6. The molecule has 2 aromatic carbocycles. The number of ether oxygens (including phenoxy) is 4. The Balaban J connectivity index is 1.58. The summed E-state index contributed by atoms with van der Waals surface area (Å²) in [5, 5.41) is 49.4. The van der Waals surface area contributed by atoms with Crippen molar-refractivity contribution >= 4 is 50.8 Å². The Bertz CT molecular complexity index is 2380. The Hall–Kier alpha value is -5.44. The van der Waals surface area contributed by atoms with E-state index in [9.17, 15) is 34.8 Å². The molecule has 0 radical (unpaired) electrons. The molecule has 4 heterocycles. The normalized spacial score (nSPS) is 30.3. The van der Waals surface area contributed by atoms with E-state index in [-0.39, 0.29) is 55.7 Å². The number of imidazole rings is 1. The summed E-state index contributed by atoms with van der Waals surface area (Å²) in [6.45, 7) is 14.7. The fourth-order valence-electron chi connectivity index (χ4n) is 8.03. The van der Waals surface area contributed by atoms with Crippen LogP contribution in [0.25, 0.3) is 27.5 Å². The van der Waals surface area contributed by atoms with Gasteiger partial charge in [0.25, 0.3) is 11.7 Å². The van der Waals surface area contributed by atoms with Crippen molar-refractivity contribution < 1.29 is 53.8 Å². The van der Waals surface area contributed by atoms with Crippen LogP contribution in [0.1, 0.15) is 70.0 Å². The zero-order valence-corrected chi connectivity index (χ0v) is 33.8. The zero-order valence-electron chi connectivity index (χ0n) is 33.8. The molecule has 0 saturated carbocycles. The van der Waals surface area contributed by atoms with Crippen LogP contribution in [0, 0.1) is 37.5 Å². The number of nitrogens with one attached hydrogen (secondary N) is 1. The maximum absolute atomic E-state index is 14.6. The van der Waals surface area contributed by atoms with Gasteiger partial charge < -0.3 is 44.7 Å². The number of Topliss-reactive ketones (excluding diaryl/α,β-unsaturated/α-hetero) is 1. The molecule has 4 aromatic rings. The third kappa shape index (κ3) is 7.10. The lowest BCUT2D eigenvalue weighted by Crippen LogP contribution is -2.46. The SMILES string of the molecule is CO[C@H]1/C=C\OC2(C)Oc3c(C)c(O)c4c(O)c(c5c(nc6cc(C)ccn65)c4c3C2=O)NC(=O)/C(C)=C\C=C[C@H](C)[C@H](O)[C@@H](C)[C@@H](O)[C@@H](C)[C@H](OC(C)=O)[C@@H]1C. The fourth-order valence-corrected chi connectivity index (χ4v) is 8.03. The Labute approximate surface area is 330 Å². The number of phenolic OH excluding ortho intramolecular Hbond substituents is 2. The topological polar surface area (TPSA) is 198 Å². The lowest BCUT2D eigenvalue weighted by Gasteiger charge is -2.38. The fraction of sp³-hybridized carbons (Fsp3) is 0.442. The molecule has 57 heavy (non-hydrogen) atoms. The van der Waals surface area contributed by atoms with E-state index in [1.54, 1.807) is 63.4 Å². The Morgan fingerprint density at radius 1 is 0.982 bits per heavy atom. The first-order chi connectivity index (χ1) is 26.8. The first-order valence-corrected chi connectivity index (χ1v) is 19.0. The number of methoxy groups -OCH3 is 1. The number of carbonyl (C=O) groups is 3. The highest BCUT2D eigenvalue weighted by atomic mass is 16.7. The molecule has 14 nitrogen and oxygen atoms in total. The average Bonchev–Trinajstić information content (AvgIpc) is 3.67. The molecule has 1 amide bonds. The lowest BCUT2D eigenvalue weighted by atomic mass is 9.78. The second-order valence-electron chi connectivity index (χ2n) is 15.6. The second kappa shape index (κ2) is 15.5. The van der Waals surface area contributed by atoms with Gasteiger partial charge in [-0.3, -0.25) is 18.8 Å². The monoisotopic (exact) mass is 785 g/mol. The maximum Gasteiger partial charge on any atom is 0.312 e. The summed E-state index contributed by atoms with van der Waals surface area (Å²) in [4.78, 5) is 45.6. The summed E-state index contributed by atoms with van der Waals surface area (Å²) in [5.41, 5.74) is 2.18. The number of anilines is 1. The molecule has 9 atom stereocenters. The summed E-state index contributed by atoms with van der Waals surface area (Å²) >= 11 is 0. The van der Waals surface area contributed by atoms with Gasteiger partial charge in [-0.2, -0.15) is 0 Å². The maximum atomic E-state index is 14.6. The number of ketones is 1. The molecule has 0 spiro atoms. The molecule has 6 rings (SSSR count). The van der Waals surface area contributed by atoms with Crippen molar-refractivity contribution in [1.82, 2.24) is 9.38 Å². The van der Waals surface area contributed by atoms with E-state index in [0.29, 0.717) is 5.65 Å². The van der Waals surface area contributed by atoms with Crippen molar-refractivity contribution in [2.24, 2.45) is 23.7 Å². The molecular formula is C43H51N3O11. The number of amides is 1. The minimum Gasteiger partial charge on any atom is -0.507 e. The van der Waals surface area contributed by atoms with Gasteiger partial charge in [-0.15, -0.1) is 0 Å². The van der Waals surface area contributed by atoms with E-state index in [4.69, 9.17) is 23.9 Å². The van der Waals surface area contributed by atoms with E-state index < -0.39 is 77.3 Å². The van der Waals surface area contributed by atoms with Gasteiger partial charge in [0.15, 0.2) is 5.75 Å². The molecule has 0 saturated heterocycles. The quantitative estimate of drug-likeness (QED) is 0.115. The third-order valence-corrected chi connectivity index (χ3v) is 11.5. The largest absolute Gasteiger partial charge is 0.507 e. The van der Waals surface area contributed by atoms with Crippen LogP contribution in [0.2, 0.25) is 0 Å². The number of esters is 1. The number of nitrogens with zero attached hydrogens (tertiary/aromatic N) is 2. The van der Waals surface area contributed by atoms with E-state index in [0.717, 1.165) is 5.56 Å². The van der Waals surface area contributed by atoms with Crippen LogP contribution in [0.15, 0.2) is 54.5 Å². The van der Waals surface area contributed by atoms with Gasteiger partial charge in [-0.1, -0.05) is 45.9 Å². The average molecular weight is 786 g/mol. The molecule has 4 bridgehead atoms. The van der Waals surface area contributed by atoms with Gasteiger partial charge in [0.1, 0.15) is 40.0 Å². The zero-order chi connectivity index (χ0) is 41.8. The molecule has 1 unspecified atom stereocenters. The van der Waals surface area contributed by atoms with E-state index in [2.05, 4.69) is 5.32 Å². The van der Waals surface area contributed by atoms with Crippen molar-refractivity contribution in [3.63, 3.8) is 0 Å². The van der Waals surface area contributed by atoms with Crippen LogP contribution < -0.4 is 10.1 Å². The number of hydrogen-bond acceptors (Lipinski definition) is 12. The molecule has 14 heteroatoms. The Morgan fingerprint density at radius 3 is 2.35 bits per heavy atom. The number of phenols is 2. The number of hydrogen-bond donors (Lipinski definition) is 5. The number of aliphatic hydroxyl groups excluding tert-OH is 2. The van der Waals surface area contributed by atoms with E-state index in [1.807, 2.05) is 19.1 Å². The van der Waals surface area contributed by atoms with Crippen molar-refractivity contribution in [2.45, 2.75) is 92.5 Å². The minimum absolute atomic E-state index is 0.0185. The molecule has 2 aliphatic rings. The van der Waals surface area contributed by atoms with Crippen molar-refractivity contribution in [1.29, 1.82) is 0 Å². The van der Waals surface area contributed by atoms with Crippen molar-refractivity contribution in [3.05, 3.63) is 71.2 Å². The number of fused-ring (bicyclic) bond motifs is 2. The number of pyridine rings is 1. The molecule has 2 aromatic heterocycles. The van der Waals surface area contributed by atoms with Gasteiger partial charge in [0.05, 0.1) is 35.5 Å². The highest BCUT2D eigenvalue weighted by Gasteiger charge is 2.50. The summed E-state index contributed by atoms with van der Waals surface area (Å²) < 4.78 is 25.5. The number of aromatic hydroxyl groups is 2. The lowest BCUT2D eigenvalue weighted by molar-refractivity contribution is -0.160. The predicted octanol–water partition coefficient (Wildman–Crippen LogP) is 6.16. The smallest absolute Gasteiger partial charge is 0.312 e. The number of aryl methyl sites for hydroxylation is 1. The van der Waals surface area contributed by atoms with Crippen LogP contribution in [-0.4, -0.2) is 84.8 Å². The van der Waals surface area contributed by atoms with Crippen LogP contribution in [0.5, 0.6) is 17.2 Å². The number of rotatable bonds is 2. The highest BCUT2D eigenvalue weighted by molar-refractivity contribution is 6.28. The third-order valence-electron chi connectivity index (χ3n) is 11.5. The van der Waals surface area contributed by atoms with E-state index >= 15 is 0 Å². The van der Waals surface area contributed by atoms with Gasteiger partial charge in [0, 0.05) is 67.3 Å². The van der Waals surface area contributed by atoms with Gasteiger partial charge in [0.2, 0.25) is 0 Å². The van der Waals surface area contributed by atoms with E-state index in [1.165, 1.54) is 40.2 Å². The highest BCUT2D eigenvalue weighted by Crippen LogP contribution is 2.54. The first-order valence-electron chi connectivity index (χ1n) is 19.0. The van der Waals surface area contributed by atoms with Crippen LogP contribution in [0.3, 0.4) is 0 Å². The number of allylic oxidation sites excluding steroid dienone is 2. The predicted molar refractivity (Wildman–Crippen MR) is 213 cm³/mol. The minimum atomic E-state index is -1.96. The van der Waals surface area contributed by atoms with Crippen molar-refractivity contribution in [2.75, 3.05) is 12.4 Å². The van der Waals surface area contributed by atoms with Gasteiger partial charge >= 0.3 is 11.8 Å². The molecular weight excluding hydrogens is 734 g/mol. The number of aromatic nitrogens is 2. The van der Waals surface area contributed by atoms with Crippen LogP contribution >= 0.6 is 0 Å². The molecule has 5 N–H and O–H groups in total. The molecule has 0 aliphatic carbocycles. The Kier molecular flexibility index (Phi) is 11.2. The standard InChI is InChI=1S/C43H51N3O11/c1-19-14-16-46-28(18-19)44-32-29-30-37(50)25(7)40-31(29)41(52)43(9,57-40)55-17-15-27(54-10)22(4)39(56-26(8)47)24(6)36(49)23(5)35(48)20(2)12-11-13-21(3)42(53)45-33(34(32)46)38(30)51/h11-18,20,22-24,27,35-36,39,48-51H,1-10H3,(H,45,53)/b12-11?,17-15-,21-13-/t20-,22+,23+,24+,27-,35-,36+,39+,43?/m0/s1. The van der Waals surface area contributed by atoms with Crippen molar-refractivity contribution in [3.8, 4) is 17.2 Å². The summed E-state index contributed by atoms with van der Waals surface area (Å²) in [5.74, 6) is -6.96. The van der Waals surface area contributed by atoms with Gasteiger partial charge in [-0.05, 0) is 44.5 Å². The molecule has 304 valence electrons. The number of aliphatic hydroxyl groups is 2. The molecule has 2 aliphatic heterocycles. The van der Waals surface area contributed by atoms with Crippen LogP contribution in [0.4, 0.5) is 5.69 Å². The number of carbonyl (C=O) groups excluding carboxylic acids is 3. The first kappa shape index (κ1) is 41.2. The Morgan fingerprint density at radius 2 is 1.68 bits per heavy atom. The number of benzene rings is 2. The summed E-state index contributed by atoms with van der Waals surface area (Å²) in [6.07, 6.45) is 5.62.